The van der Waals surface area contributed by atoms with Gasteiger partial charge in [-0.1, -0.05) is 20.8 Å². The normalized spacial score (nSPS) is 15.3. The Labute approximate surface area is 159 Å². The second-order valence-corrected chi connectivity index (χ2v) is 7.84. The minimum absolute atomic E-state index is 0.0170. The zero-order chi connectivity index (χ0) is 20.0. The lowest BCUT2D eigenvalue weighted by atomic mass is 9.91. The Hall–Kier alpha value is -2.64. The van der Waals surface area contributed by atoms with Gasteiger partial charge in [0.2, 0.25) is 11.8 Å². The van der Waals surface area contributed by atoms with Gasteiger partial charge in [-0.15, -0.1) is 0 Å². The van der Waals surface area contributed by atoms with Crippen LogP contribution in [0.1, 0.15) is 33.6 Å². The van der Waals surface area contributed by atoms with E-state index in [-0.39, 0.29) is 23.4 Å². The lowest BCUT2D eigenvalue weighted by Gasteiger charge is -2.35. The molecule has 1 aromatic rings. The third-order valence-electron chi connectivity index (χ3n) is 4.63. The molecular weight excluding hydrogens is 348 g/mol. The van der Waals surface area contributed by atoms with Crippen LogP contribution in [0, 0.1) is 21.4 Å². The summed E-state index contributed by atoms with van der Waals surface area (Å²) in [7, 11) is 0. The van der Waals surface area contributed by atoms with Crippen molar-refractivity contribution in [3.05, 3.63) is 34.4 Å². The third-order valence-corrected chi connectivity index (χ3v) is 4.63. The number of hydrogen-bond donors (Lipinski definition) is 2. The van der Waals surface area contributed by atoms with Crippen LogP contribution in [0.5, 0.6) is 0 Å². The molecule has 0 atom stereocenters. The van der Waals surface area contributed by atoms with Gasteiger partial charge < -0.3 is 15.5 Å². The Morgan fingerprint density at radius 2 is 1.74 bits per heavy atom. The number of piperidine rings is 1. The number of nitro benzene ring substituents is 1. The second kappa shape index (κ2) is 8.83. The molecule has 27 heavy (non-hydrogen) atoms. The Morgan fingerprint density at radius 3 is 2.26 bits per heavy atom. The first-order valence-corrected chi connectivity index (χ1v) is 9.24. The summed E-state index contributed by atoms with van der Waals surface area (Å²) in [5.74, 6) is 0.0883. The first-order chi connectivity index (χ1) is 12.7. The summed E-state index contributed by atoms with van der Waals surface area (Å²) >= 11 is 0. The lowest BCUT2D eigenvalue weighted by molar-refractivity contribution is -0.384. The van der Waals surface area contributed by atoms with Gasteiger partial charge in [0.15, 0.2) is 0 Å². The lowest BCUT2D eigenvalue weighted by Crippen LogP contribution is -2.47. The molecule has 2 N–H and O–H groups in total. The molecule has 0 unspecified atom stereocenters. The average molecular weight is 376 g/mol. The Morgan fingerprint density at radius 1 is 1.15 bits per heavy atom. The Balaban J connectivity index is 1.68. The average Bonchev–Trinajstić information content (AvgIpc) is 2.64. The van der Waals surface area contributed by atoms with Crippen molar-refractivity contribution in [3.8, 4) is 0 Å². The molecule has 2 rings (SSSR count). The van der Waals surface area contributed by atoms with Crippen LogP contribution in [0.3, 0.4) is 0 Å². The van der Waals surface area contributed by atoms with Gasteiger partial charge in [0, 0.05) is 55.3 Å². The summed E-state index contributed by atoms with van der Waals surface area (Å²) in [6, 6.07) is 6.16. The van der Waals surface area contributed by atoms with Gasteiger partial charge >= 0.3 is 0 Å². The fourth-order valence-electron chi connectivity index (χ4n) is 3.06. The summed E-state index contributed by atoms with van der Waals surface area (Å²) in [4.78, 5) is 36.6. The highest BCUT2D eigenvalue weighted by Crippen LogP contribution is 2.23. The van der Waals surface area contributed by atoms with Crippen LogP contribution in [0.15, 0.2) is 24.3 Å². The number of anilines is 1. The number of nitrogens with one attached hydrogen (secondary N) is 2. The number of nitro groups is 1. The highest BCUT2D eigenvalue weighted by molar-refractivity contribution is 5.82. The Bertz CT molecular complexity index is 674. The van der Waals surface area contributed by atoms with Crippen molar-refractivity contribution in [2.45, 2.75) is 33.6 Å². The van der Waals surface area contributed by atoms with Crippen LogP contribution in [0.4, 0.5) is 11.4 Å². The SMILES string of the molecule is CC(C)(C)C(=O)N1CCC(C(=O)NCCNc2ccc([N+](=O)[O-])cc2)CC1. The number of carbonyl (C=O) groups excluding carboxylic acids is 2. The summed E-state index contributed by atoms with van der Waals surface area (Å²) in [6.45, 7) is 7.97. The highest BCUT2D eigenvalue weighted by Gasteiger charge is 2.32. The second-order valence-electron chi connectivity index (χ2n) is 7.84. The van der Waals surface area contributed by atoms with E-state index in [9.17, 15) is 19.7 Å². The molecule has 0 spiro atoms. The molecule has 0 saturated carbocycles. The van der Waals surface area contributed by atoms with Crippen LogP contribution in [-0.2, 0) is 9.59 Å². The van der Waals surface area contributed by atoms with Crippen molar-refractivity contribution < 1.29 is 14.5 Å². The molecule has 0 aromatic heterocycles. The zero-order valence-electron chi connectivity index (χ0n) is 16.2. The van der Waals surface area contributed by atoms with Crippen LogP contribution < -0.4 is 10.6 Å². The fourth-order valence-corrected chi connectivity index (χ4v) is 3.06. The molecule has 1 aliphatic rings. The predicted octanol–water partition coefficient (Wildman–Crippen LogP) is 2.41. The smallest absolute Gasteiger partial charge is 0.269 e. The quantitative estimate of drug-likeness (QED) is 0.451. The van der Waals surface area contributed by atoms with Gasteiger partial charge in [-0.2, -0.15) is 0 Å². The number of non-ortho nitro benzene ring substituents is 1. The van der Waals surface area contributed by atoms with E-state index in [0.717, 1.165) is 5.69 Å². The van der Waals surface area contributed by atoms with Gasteiger partial charge in [-0.3, -0.25) is 19.7 Å². The largest absolute Gasteiger partial charge is 0.383 e. The van der Waals surface area contributed by atoms with E-state index in [0.29, 0.717) is 39.0 Å². The number of amides is 2. The van der Waals surface area contributed by atoms with Crippen LogP contribution in [0.25, 0.3) is 0 Å². The van der Waals surface area contributed by atoms with E-state index in [1.807, 2.05) is 25.7 Å². The highest BCUT2D eigenvalue weighted by atomic mass is 16.6. The molecule has 8 nitrogen and oxygen atoms in total. The predicted molar refractivity (Wildman–Crippen MR) is 103 cm³/mol. The minimum Gasteiger partial charge on any atom is -0.383 e. The van der Waals surface area contributed by atoms with E-state index >= 15 is 0 Å². The fraction of sp³-hybridized carbons (Fsp3) is 0.579. The number of benzene rings is 1. The molecule has 0 bridgehead atoms. The summed E-state index contributed by atoms with van der Waals surface area (Å²) in [6.07, 6.45) is 1.37. The summed E-state index contributed by atoms with van der Waals surface area (Å²) < 4.78 is 0. The van der Waals surface area contributed by atoms with E-state index in [2.05, 4.69) is 10.6 Å². The number of carbonyl (C=O) groups is 2. The molecule has 8 heteroatoms. The number of rotatable bonds is 6. The van der Waals surface area contributed by atoms with Crippen molar-refractivity contribution >= 4 is 23.2 Å². The number of hydrogen-bond acceptors (Lipinski definition) is 5. The van der Waals surface area contributed by atoms with E-state index in [1.165, 1.54) is 12.1 Å². The van der Waals surface area contributed by atoms with Gasteiger partial charge in [0.1, 0.15) is 0 Å². The van der Waals surface area contributed by atoms with Crippen molar-refractivity contribution in [3.63, 3.8) is 0 Å². The van der Waals surface area contributed by atoms with Gasteiger partial charge in [0.05, 0.1) is 4.92 Å². The Kier molecular flexibility index (Phi) is 6.76. The molecule has 1 heterocycles. The van der Waals surface area contributed by atoms with E-state index in [1.54, 1.807) is 12.1 Å². The van der Waals surface area contributed by atoms with Gasteiger partial charge in [0.25, 0.3) is 5.69 Å². The van der Waals surface area contributed by atoms with Crippen LogP contribution >= 0.6 is 0 Å². The molecule has 1 saturated heterocycles. The minimum atomic E-state index is -0.440. The zero-order valence-corrected chi connectivity index (χ0v) is 16.2. The number of likely N-dealkylation sites (tertiary alicyclic amines) is 1. The van der Waals surface area contributed by atoms with Crippen molar-refractivity contribution in [1.29, 1.82) is 0 Å². The third kappa shape index (κ3) is 5.94. The van der Waals surface area contributed by atoms with Crippen molar-refractivity contribution in [2.24, 2.45) is 11.3 Å². The molecule has 1 aliphatic heterocycles. The van der Waals surface area contributed by atoms with Crippen molar-refractivity contribution in [1.82, 2.24) is 10.2 Å². The molecule has 1 fully saturated rings. The summed E-state index contributed by atoms with van der Waals surface area (Å²) in [5, 5.41) is 16.7. The topological polar surface area (TPSA) is 105 Å². The molecule has 1 aromatic carbocycles. The molecular formula is C19H28N4O4. The van der Waals surface area contributed by atoms with Gasteiger partial charge in [-0.25, -0.2) is 0 Å². The maximum absolute atomic E-state index is 12.3. The van der Waals surface area contributed by atoms with Crippen LogP contribution in [-0.4, -0.2) is 47.8 Å². The first-order valence-electron chi connectivity index (χ1n) is 9.24. The molecule has 0 radical (unpaired) electrons. The maximum Gasteiger partial charge on any atom is 0.269 e. The monoisotopic (exact) mass is 376 g/mol. The number of nitrogens with zero attached hydrogens (tertiary/aromatic N) is 2. The first kappa shape index (κ1) is 20.7. The molecule has 2 amide bonds. The molecule has 148 valence electrons. The van der Waals surface area contributed by atoms with E-state index in [4.69, 9.17) is 0 Å². The standard InChI is InChI=1S/C19H28N4O4/c1-19(2,3)18(25)22-12-8-14(9-13-22)17(24)21-11-10-20-15-4-6-16(7-5-15)23(26)27/h4-7,14,20H,8-13H2,1-3H3,(H,21,24). The maximum atomic E-state index is 12.3. The van der Waals surface area contributed by atoms with Gasteiger partial charge in [-0.05, 0) is 25.0 Å². The van der Waals surface area contributed by atoms with Crippen LogP contribution in [0.2, 0.25) is 0 Å². The molecule has 0 aliphatic carbocycles. The van der Waals surface area contributed by atoms with E-state index < -0.39 is 10.3 Å². The van der Waals surface area contributed by atoms with Crippen molar-refractivity contribution in [2.75, 3.05) is 31.5 Å². The summed E-state index contributed by atoms with van der Waals surface area (Å²) in [5.41, 5.74) is 0.424.